The van der Waals surface area contributed by atoms with E-state index in [9.17, 15) is 21.6 Å². The topological polar surface area (TPSA) is 102 Å². The summed E-state index contributed by atoms with van der Waals surface area (Å²) in [5, 5.41) is 5.74. The average molecular weight is 428 g/mol. The van der Waals surface area contributed by atoms with Crippen LogP contribution in [0.1, 0.15) is 12.6 Å². The lowest BCUT2D eigenvalue weighted by atomic mass is 10.3. The Labute approximate surface area is 165 Å². The summed E-state index contributed by atoms with van der Waals surface area (Å²) < 4.78 is 65.8. The van der Waals surface area contributed by atoms with Gasteiger partial charge in [0, 0.05) is 21.1 Å². The number of imidazole rings is 1. The zero-order valence-corrected chi connectivity index (χ0v) is 16.9. The fourth-order valence-corrected chi connectivity index (χ4v) is 3.92. The number of nitrogens with zero attached hydrogens (tertiary/aromatic N) is 4. The van der Waals surface area contributed by atoms with E-state index in [4.69, 9.17) is 0 Å². The maximum atomic E-state index is 13.0. The highest BCUT2D eigenvalue weighted by Crippen LogP contribution is 2.35. The van der Waals surface area contributed by atoms with Gasteiger partial charge in [-0.25, -0.2) is 23.4 Å². The Bertz CT molecular complexity index is 1190. The van der Waals surface area contributed by atoms with E-state index in [1.165, 1.54) is 17.6 Å². The lowest BCUT2D eigenvalue weighted by Gasteiger charge is -2.14. The molecule has 0 radical (unpaired) electrons. The molecule has 0 aliphatic carbocycles. The van der Waals surface area contributed by atoms with Crippen LogP contribution >= 0.6 is 0 Å². The van der Waals surface area contributed by atoms with Crippen molar-refractivity contribution in [1.29, 1.82) is 0 Å². The van der Waals surface area contributed by atoms with Gasteiger partial charge in [-0.2, -0.15) is 13.2 Å². The highest BCUT2D eigenvalue weighted by Gasteiger charge is 2.33. The van der Waals surface area contributed by atoms with Crippen LogP contribution in [0.3, 0.4) is 0 Å². The number of rotatable bonds is 5. The van der Waals surface area contributed by atoms with Crippen molar-refractivity contribution >= 4 is 32.4 Å². The van der Waals surface area contributed by atoms with E-state index in [1.54, 1.807) is 21.1 Å². The quantitative estimate of drug-likeness (QED) is 0.644. The van der Waals surface area contributed by atoms with Gasteiger partial charge in [0.15, 0.2) is 15.7 Å². The van der Waals surface area contributed by atoms with Crippen molar-refractivity contribution < 1.29 is 21.6 Å². The van der Waals surface area contributed by atoms with Crippen molar-refractivity contribution in [2.24, 2.45) is 7.05 Å². The average Bonchev–Trinajstić information content (AvgIpc) is 3.02. The molecule has 2 N–H and O–H groups in total. The molecule has 29 heavy (non-hydrogen) atoms. The van der Waals surface area contributed by atoms with Gasteiger partial charge < -0.3 is 15.2 Å². The normalized spacial score (nSPS) is 12.4. The summed E-state index contributed by atoms with van der Waals surface area (Å²) >= 11 is 0. The fraction of sp³-hybridized carbons (Fsp3) is 0.353. The van der Waals surface area contributed by atoms with E-state index < -0.39 is 21.7 Å². The number of anilines is 2. The number of aromatic nitrogens is 4. The number of hydrogen-bond acceptors (Lipinski definition) is 7. The Hall–Kier alpha value is -2.89. The molecule has 0 atom stereocenters. The molecule has 0 amide bonds. The third kappa shape index (κ3) is 3.59. The maximum Gasteiger partial charge on any atom is 0.433 e. The maximum absolute atomic E-state index is 13.0. The number of nitrogens with one attached hydrogen (secondary N) is 2. The van der Waals surface area contributed by atoms with Crippen molar-refractivity contribution in [3.63, 3.8) is 0 Å². The van der Waals surface area contributed by atoms with Crippen LogP contribution in [0.15, 0.2) is 23.2 Å². The second-order valence-corrected chi connectivity index (χ2v) is 8.43. The van der Waals surface area contributed by atoms with Crippen molar-refractivity contribution in [3.8, 4) is 11.5 Å². The molecule has 0 aliphatic rings. The molecule has 3 rings (SSSR count). The van der Waals surface area contributed by atoms with E-state index in [1.807, 2.05) is 0 Å². The second-order valence-electron chi connectivity index (χ2n) is 6.19. The largest absolute Gasteiger partial charge is 0.433 e. The molecule has 0 unspecified atom stereocenters. The van der Waals surface area contributed by atoms with Crippen molar-refractivity contribution in [2.75, 3.05) is 30.5 Å². The SMILES string of the molecule is CCS(=O)(=O)c1cc(NC)c(NC)nc1-c1nc2cc(C(F)(F)F)ncc2n1C. The predicted molar refractivity (Wildman–Crippen MR) is 104 cm³/mol. The smallest absolute Gasteiger partial charge is 0.385 e. The number of alkyl halides is 3. The first-order valence-corrected chi connectivity index (χ1v) is 10.2. The number of halogens is 3. The van der Waals surface area contributed by atoms with Gasteiger partial charge in [0.25, 0.3) is 0 Å². The Kier molecular flexibility index (Phi) is 5.15. The third-order valence-corrected chi connectivity index (χ3v) is 6.22. The second kappa shape index (κ2) is 7.17. The van der Waals surface area contributed by atoms with Gasteiger partial charge in [0.1, 0.15) is 17.2 Å². The third-order valence-electron chi connectivity index (χ3n) is 4.48. The molecular weight excluding hydrogens is 409 g/mol. The molecule has 0 fully saturated rings. The molecule has 3 aromatic heterocycles. The highest BCUT2D eigenvalue weighted by atomic mass is 32.2. The molecule has 0 aliphatic heterocycles. The summed E-state index contributed by atoms with van der Waals surface area (Å²) in [6.45, 7) is 1.50. The Morgan fingerprint density at radius 3 is 2.38 bits per heavy atom. The Balaban J connectivity index is 2.35. The van der Waals surface area contributed by atoms with Crippen molar-refractivity contribution in [2.45, 2.75) is 18.0 Å². The highest BCUT2D eigenvalue weighted by molar-refractivity contribution is 7.91. The van der Waals surface area contributed by atoms with E-state index in [2.05, 4.69) is 25.6 Å². The molecule has 3 aromatic rings. The van der Waals surface area contributed by atoms with Crippen LogP contribution in [-0.4, -0.2) is 47.8 Å². The molecule has 0 spiro atoms. The van der Waals surface area contributed by atoms with Crippen LogP contribution in [0.25, 0.3) is 22.6 Å². The number of sulfone groups is 1. The zero-order valence-electron chi connectivity index (χ0n) is 16.1. The molecule has 156 valence electrons. The molecule has 0 saturated heterocycles. The summed E-state index contributed by atoms with van der Waals surface area (Å²) in [7, 11) is 1.11. The summed E-state index contributed by atoms with van der Waals surface area (Å²) in [5.74, 6) is 0.319. The van der Waals surface area contributed by atoms with E-state index in [0.29, 0.717) is 17.0 Å². The first kappa shape index (κ1) is 20.8. The summed E-state index contributed by atoms with van der Waals surface area (Å²) in [5.41, 5.74) is -0.218. The van der Waals surface area contributed by atoms with Gasteiger partial charge in [-0.3, -0.25) is 0 Å². The van der Waals surface area contributed by atoms with Gasteiger partial charge >= 0.3 is 6.18 Å². The van der Waals surface area contributed by atoms with E-state index in [0.717, 1.165) is 12.3 Å². The fourth-order valence-electron chi connectivity index (χ4n) is 2.88. The van der Waals surface area contributed by atoms with Crippen LogP contribution in [0.2, 0.25) is 0 Å². The summed E-state index contributed by atoms with van der Waals surface area (Å²) in [4.78, 5) is 12.0. The molecular formula is C17H19F3N6O2S. The first-order chi connectivity index (χ1) is 13.5. The van der Waals surface area contributed by atoms with Gasteiger partial charge in [-0.05, 0) is 12.1 Å². The van der Waals surface area contributed by atoms with Crippen LogP contribution in [0, 0.1) is 0 Å². The van der Waals surface area contributed by atoms with E-state index >= 15 is 0 Å². The predicted octanol–water partition coefficient (Wildman–Crippen LogP) is 2.93. The van der Waals surface area contributed by atoms with Crippen LogP contribution in [0.5, 0.6) is 0 Å². The minimum Gasteiger partial charge on any atom is -0.385 e. The molecule has 12 heteroatoms. The number of hydrogen-bond donors (Lipinski definition) is 2. The van der Waals surface area contributed by atoms with Gasteiger partial charge in [-0.15, -0.1) is 0 Å². The minimum atomic E-state index is -4.62. The zero-order chi connectivity index (χ0) is 21.6. The molecule has 0 saturated carbocycles. The number of aryl methyl sites for hydroxylation is 1. The van der Waals surface area contributed by atoms with Crippen LogP contribution in [0.4, 0.5) is 24.7 Å². The molecule has 0 aromatic carbocycles. The summed E-state index contributed by atoms with van der Waals surface area (Å²) in [6.07, 6.45) is -3.56. The molecule has 0 bridgehead atoms. The lowest BCUT2D eigenvalue weighted by Crippen LogP contribution is -2.11. The van der Waals surface area contributed by atoms with Gasteiger partial charge in [0.2, 0.25) is 0 Å². The Morgan fingerprint density at radius 2 is 1.83 bits per heavy atom. The number of pyridine rings is 2. The molecule has 8 nitrogen and oxygen atoms in total. The minimum absolute atomic E-state index is 0.0372. The Morgan fingerprint density at radius 1 is 1.14 bits per heavy atom. The van der Waals surface area contributed by atoms with Crippen molar-refractivity contribution in [3.05, 3.63) is 24.0 Å². The molecule has 3 heterocycles. The monoisotopic (exact) mass is 428 g/mol. The lowest BCUT2D eigenvalue weighted by molar-refractivity contribution is -0.141. The van der Waals surface area contributed by atoms with Gasteiger partial charge in [0.05, 0.1) is 33.6 Å². The number of fused-ring (bicyclic) bond motifs is 1. The standard InChI is InChI=1S/C17H19F3N6O2S/c1-5-29(27,28)12-6-10(21-2)15(22-3)25-14(12)16-24-9-7-13(17(18,19)20)23-8-11(9)26(16)4/h6-8,21H,5H2,1-4H3,(H,22,25). The first-order valence-electron chi connectivity index (χ1n) is 8.56. The van der Waals surface area contributed by atoms with Crippen molar-refractivity contribution in [1.82, 2.24) is 19.5 Å². The summed E-state index contributed by atoms with van der Waals surface area (Å²) in [6, 6.07) is 2.26. The van der Waals surface area contributed by atoms with Gasteiger partial charge in [-0.1, -0.05) is 6.92 Å². The van der Waals surface area contributed by atoms with E-state index in [-0.39, 0.29) is 27.7 Å². The van der Waals surface area contributed by atoms with Crippen LogP contribution in [-0.2, 0) is 23.1 Å². The van der Waals surface area contributed by atoms with Crippen LogP contribution < -0.4 is 10.6 Å².